The zero-order valence-corrected chi connectivity index (χ0v) is 13.1. The van der Waals surface area contributed by atoms with Gasteiger partial charge >= 0.3 is 0 Å². The van der Waals surface area contributed by atoms with Gasteiger partial charge in [-0.3, -0.25) is 4.98 Å². The van der Waals surface area contributed by atoms with Gasteiger partial charge in [-0.2, -0.15) is 0 Å². The van der Waals surface area contributed by atoms with Crippen molar-refractivity contribution in [1.29, 1.82) is 0 Å². The second-order valence-electron chi connectivity index (χ2n) is 6.03. The minimum atomic E-state index is 1.02. The Bertz CT molecular complexity index is 1150. The number of pyridine rings is 1. The smallest absolute Gasteiger partial charge is 0.0708 e. The lowest BCUT2D eigenvalue weighted by atomic mass is 9.91. The summed E-state index contributed by atoms with van der Waals surface area (Å²) in [7, 11) is 0. The predicted octanol–water partition coefficient (Wildman–Crippen LogP) is 6.21. The summed E-state index contributed by atoms with van der Waals surface area (Å²) in [6.45, 7) is 0. The maximum atomic E-state index is 4.59. The summed E-state index contributed by atoms with van der Waals surface area (Å²) in [6.07, 6.45) is 1.86. The molecular weight excluding hydrogens is 290 g/mol. The molecule has 1 aromatic heterocycles. The summed E-state index contributed by atoms with van der Waals surface area (Å²) in [5.74, 6) is 0. The maximum Gasteiger partial charge on any atom is 0.0708 e. The average molecular weight is 305 g/mol. The highest BCUT2D eigenvalue weighted by Crippen LogP contribution is 2.39. The van der Waals surface area contributed by atoms with E-state index in [0.717, 1.165) is 5.69 Å². The molecule has 0 fully saturated rings. The van der Waals surface area contributed by atoms with Crippen molar-refractivity contribution in [3.8, 4) is 11.3 Å². The highest BCUT2D eigenvalue weighted by molar-refractivity contribution is 6.28. The zero-order valence-electron chi connectivity index (χ0n) is 13.1. The van der Waals surface area contributed by atoms with Crippen molar-refractivity contribution in [1.82, 2.24) is 4.98 Å². The van der Waals surface area contributed by atoms with Crippen LogP contribution in [0.4, 0.5) is 0 Å². The van der Waals surface area contributed by atoms with Crippen LogP contribution in [-0.4, -0.2) is 4.98 Å². The van der Waals surface area contributed by atoms with Crippen molar-refractivity contribution in [2.45, 2.75) is 0 Å². The molecule has 0 spiro atoms. The lowest BCUT2D eigenvalue weighted by Crippen LogP contribution is -1.88. The lowest BCUT2D eigenvalue weighted by Gasteiger charge is -2.13. The fourth-order valence-corrected chi connectivity index (χ4v) is 3.69. The molecule has 0 aliphatic heterocycles. The zero-order chi connectivity index (χ0) is 15.9. The van der Waals surface area contributed by atoms with Crippen molar-refractivity contribution in [3.63, 3.8) is 0 Å². The third-order valence-corrected chi connectivity index (χ3v) is 4.71. The SMILES string of the molecule is c1ccc(-c2cccc3c4ccccc4c4ccccc4c23)nc1. The van der Waals surface area contributed by atoms with Crippen LogP contribution in [0.2, 0.25) is 0 Å². The lowest BCUT2D eigenvalue weighted by molar-refractivity contribution is 1.33. The molecule has 112 valence electrons. The second kappa shape index (κ2) is 5.17. The molecule has 0 aliphatic carbocycles. The normalized spacial score (nSPS) is 11.3. The number of rotatable bonds is 1. The minimum Gasteiger partial charge on any atom is -0.256 e. The van der Waals surface area contributed by atoms with E-state index in [1.165, 1.54) is 37.9 Å². The number of nitrogens with zero attached hydrogens (tertiary/aromatic N) is 1. The van der Waals surface area contributed by atoms with Gasteiger partial charge in [0.15, 0.2) is 0 Å². The maximum absolute atomic E-state index is 4.59. The fraction of sp³-hybridized carbons (Fsp3) is 0. The summed E-state index contributed by atoms with van der Waals surface area (Å²) >= 11 is 0. The van der Waals surface area contributed by atoms with Gasteiger partial charge in [0.25, 0.3) is 0 Å². The highest BCUT2D eigenvalue weighted by atomic mass is 14.7. The first-order valence-corrected chi connectivity index (χ1v) is 8.17. The van der Waals surface area contributed by atoms with Crippen LogP contribution < -0.4 is 0 Å². The molecule has 0 radical (unpaired) electrons. The van der Waals surface area contributed by atoms with Gasteiger partial charge in [-0.05, 0) is 44.5 Å². The summed E-state index contributed by atoms with van der Waals surface area (Å²) in [4.78, 5) is 4.59. The van der Waals surface area contributed by atoms with Crippen LogP contribution in [0.15, 0.2) is 91.1 Å². The number of fused-ring (bicyclic) bond motifs is 6. The van der Waals surface area contributed by atoms with Crippen LogP contribution in [0, 0.1) is 0 Å². The Morgan fingerprint density at radius 1 is 0.458 bits per heavy atom. The minimum absolute atomic E-state index is 1.02. The quantitative estimate of drug-likeness (QED) is 0.336. The molecule has 5 aromatic rings. The Morgan fingerprint density at radius 2 is 1.00 bits per heavy atom. The monoisotopic (exact) mass is 305 g/mol. The Balaban J connectivity index is 2.09. The van der Waals surface area contributed by atoms with E-state index in [9.17, 15) is 0 Å². The number of hydrogen-bond acceptors (Lipinski definition) is 1. The molecule has 0 bridgehead atoms. The van der Waals surface area contributed by atoms with E-state index in [-0.39, 0.29) is 0 Å². The molecule has 4 aromatic carbocycles. The van der Waals surface area contributed by atoms with Crippen LogP contribution >= 0.6 is 0 Å². The van der Waals surface area contributed by atoms with E-state index in [1.807, 2.05) is 18.3 Å². The molecule has 0 saturated heterocycles. The van der Waals surface area contributed by atoms with Crippen LogP contribution in [0.5, 0.6) is 0 Å². The first-order chi connectivity index (χ1) is 11.9. The molecule has 0 aliphatic rings. The van der Waals surface area contributed by atoms with Crippen molar-refractivity contribution in [2.24, 2.45) is 0 Å². The van der Waals surface area contributed by atoms with Crippen LogP contribution in [0.25, 0.3) is 43.6 Å². The number of aromatic nitrogens is 1. The van der Waals surface area contributed by atoms with E-state index >= 15 is 0 Å². The molecule has 1 nitrogen and oxygen atoms in total. The van der Waals surface area contributed by atoms with Gasteiger partial charge in [0.05, 0.1) is 5.69 Å². The van der Waals surface area contributed by atoms with Crippen molar-refractivity contribution in [3.05, 3.63) is 91.1 Å². The fourth-order valence-electron chi connectivity index (χ4n) is 3.69. The summed E-state index contributed by atoms with van der Waals surface area (Å²) < 4.78 is 0. The molecule has 0 atom stereocenters. The van der Waals surface area contributed by atoms with Crippen molar-refractivity contribution < 1.29 is 0 Å². The Labute approximate surface area is 140 Å². The first kappa shape index (κ1) is 13.3. The Morgan fingerprint density at radius 3 is 1.62 bits per heavy atom. The topological polar surface area (TPSA) is 12.9 Å². The van der Waals surface area contributed by atoms with Gasteiger partial charge in [0.1, 0.15) is 0 Å². The van der Waals surface area contributed by atoms with E-state index in [0.29, 0.717) is 0 Å². The summed E-state index contributed by atoms with van der Waals surface area (Å²) in [5, 5.41) is 7.75. The third kappa shape index (κ3) is 1.85. The van der Waals surface area contributed by atoms with Crippen molar-refractivity contribution >= 4 is 32.3 Å². The van der Waals surface area contributed by atoms with Gasteiger partial charge in [-0.15, -0.1) is 0 Å². The predicted molar refractivity (Wildman–Crippen MR) is 102 cm³/mol. The largest absolute Gasteiger partial charge is 0.256 e. The molecule has 5 rings (SSSR count). The van der Waals surface area contributed by atoms with Gasteiger partial charge in [0, 0.05) is 11.8 Å². The van der Waals surface area contributed by atoms with Crippen molar-refractivity contribution in [2.75, 3.05) is 0 Å². The average Bonchev–Trinajstić information content (AvgIpc) is 2.68. The third-order valence-electron chi connectivity index (χ3n) is 4.71. The van der Waals surface area contributed by atoms with Gasteiger partial charge in [-0.1, -0.05) is 72.8 Å². The van der Waals surface area contributed by atoms with Crippen LogP contribution in [-0.2, 0) is 0 Å². The summed E-state index contributed by atoms with van der Waals surface area (Å²) in [5.41, 5.74) is 2.21. The second-order valence-corrected chi connectivity index (χ2v) is 6.03. The van der Waals surface area contributed by atoms with Crippen LogP contribution in [0.3, 0.4) is 0 Å². The van der Waals surface area contributed by atoms with Gasteiger partial charge in [0.2, 0.25) is 0 Å². The molecule has 24 heavy (non-hydrogen) atoms. The van der Waals surface area contributed by atoms with Gasteiger partial charge < -0.3 is 0 Å². The molecule has 1 heteroatoms. The molecule has 0 saturated carbocycles. The van der Waals surface area contributed by atoms with E-state index in [4.69, 9.17) is 0 Å². The Kier molecular flexibility index (Phi) is 2.86. The standard InChI is InChI=1S/C23H15N/c1-2-9-18-16(8-1)17-10-3-4-11-19(17)23-20(18)12-7-13-21(23)22-14-5-6-15-24-22/h1-15H. The number of benzene rings is 4. The molecule has 0 N–H and O–H groups in total. The molecule has 0 amide bonds. The number of hydrogen-bond donors (Lipinski definition) is 0. The molecule has 1 heterocycles. The Hall–Kier alpha value is -3.19. The van der Waals surface area contributed by atoms with Crippen LogP contribution in [0.1, 0.15) is 0 Å². The first-order valence-electron chi connectivity index (χ1n) is 8.17. The molecular formula is C23H15N. The van der Waals surface area contributed by atoms with Gasteiger partial charge in [-0.25, -0.2) is 0 Å². The van der Waals surface area contributed by atoms with E-state index < -0.39 is 0 Å². The summed E-state index contributed by atoms with van der Waals surface area (Å²) in [6, 6.07) is 29.9. The van der Waals surface area contributed by atoms with E-state index in [2.05, 4.69) is 77.8 Å². The van der Waals surface area contributed by atoms with E-state index in [1.54, 1.807) is 0 Å². The highest BCUT2D eigenvalue weighted by Gasteiger charge is 2.12. The molecule has 0 unspecified atom stereocenters.